The highest BCUT2D eigenvalue weighted by Crippen LogP contribution is 2.30. The largest absolute Gasteiger partial charge is 0.383 e. The Morgan fingerprint density at radius 3 is 2.86 bits per heavy atom. The molecule has 0 amide bonds. The normalized spacial score (nSPS) is 12.6. The molecule has 4 nitrogen and oxygen atoms in total. The summed E-state index contributed by atoms with van der Waals surface area (Å²) in [5, 5.41) is 8.33. The first-order valence-electron chi connectivity index (χ1n) is 6.72. The summed E-state index contributed by atoms with van der Waals surface area (Å²) in [6.07, 6.45) is 1.68. The van der Waals surface area contributed by atoms with Crippen molar-refractivity contribution >= 4 is 27.5 Å². The second-order valence-electron chi connectivity index (χ2n) is 4.82. The van der Waals surface area contributed by atoms with E-state index in [-0.39, 0.29) is 6.04 Å². The van der Waals surface area contributed by atoms with Gasteiger partial charge in [-0.2, -0.15) is 5.10 Å². The van der Waals surface area contributed by atoms with Crippen molar-refractivity contribution in [3.8, 4) is 0 Å². The van der Waals surface area contributed by atoms with Crippen molar-refractivity contribution in [1.82, 2.24) is 15.1 Å². The molecule has 0 fully saturated rings. The molecule has 0 radical (unpaired) electrons. The van der Waals surface area contributed by atoms with Crippen molar-refractivity contribution in [2.45, 2.75) is 19.5 Å². The second kappa shape index (κ2) is 7.40. The van der Waals surface area contributed by atoms with Crippen LogP contribution in [0.4, 0.5) is 0 Å². The van der Waals surface area contributed by atoms with Gasteiger partial charge in [0.1, 0.15) is 0 Å². The smallest absolute Gasteiger partial charge is 0.0837 e. The van der Waals surface area contributed by atoms with Crippen LogP contribution in [0.3, 0.4) is 0 Å². The molecule has 0 aliphatic carbocycles. The highest BCUT2D eigenvalue weighted by molar-refractivity contribution is 9.10. The van der Waals surface area contributed by atoms with Gasteiger partial charge in [-0.05, 0) is 31.2 Å². The minimum atomic E-state index is -0.0105. The number of hydrogen-bond acceptors (Lipinski definition) is 3. The summed E-state index contributed by atoms with van der Waals surface area (Å²) in [6, 6.07) is 6.28. The lowest BCUT2D eigenvalue weighted by molar-refractivity contribution is 0.182. The Morgan fingerprint density at radius 1 is 1.48 bits per heavy atom. The lowest BCUT2D eigenvalue weighted by Gasteiger charge is -2.20. The SMILES string of the molecule is CNC(c1ccc(Br)c(C)c1)c1c(Cl)cnn1CCOC. The number of methoxy groups -OCH3 is 1. The Hall–Kier alpha value is -0.880. The number of rotatable bonds is 6. The molecule has 0 saturated carbocycles. The van der Waals surface area contributed by atoms with Gasteiger partial charge in [0.15, 0.2) is 0 Å². The minimum absolute atomic E-state index is 0.0105. The van der Waals surface area contributed by atoms with Crippen LogP contribution in [0.15, 0.2) is 28.9 Å². The van der Waals surface area contributed by atoms with E-state index in [0.717, 1.165) is 15.7 Å². The fourth-order valence-electron chi connectivity index (χ4n) is 2.32. The third-order valence-electron chi connectivity index (χ3n) is 3.42. The van der Waals surface area contributed by atoms with Gasteiger partial charge in [-0.15, -0.1) is 0 Å². The predicted octanol–water partition coefficient (Wildman–Crippen LogP) is 3.56. The van der Waals surface area contributed by atoms with Crippen molar-refractivity contribution in [1.29, 1.82) is 0 Å². The molecule has 0 aliphatic heterocycles. The van der Waals surface area contributed by atoms with Crippen molar-refractivity contribution in [2.24, 2.45) is 0 Å². The summed E-state index contributed by atoms with van der Waals surface area (Å²) in [7, 11) is 3.60. The van der Waals surface area contributed by atoms with Crippen molar-refractivity contribution in [3.63, 3.8) is 0 Å². The van der Waals surface area contributed by atoms with Crippen LogP contribution in [0.1, 0.15) is 22.9 Å². The number of aromatic nitrogens is 2. The summed E-state index contributed by atoms with van der Waals surface area (Å²) >= 11 is 9.88. The molecular formula is C15H19BrClN3O. The summed E-state index contributed by atoms with van der Waals surface area (Å²) < 4.78 is 8.12. The van der Waals surface area contributed by atoms with Gasteiger partial charge in [-0.1, -0.05) is 39.7 Å². The Balaban J connectivity index is 2.40. The van der Waals surface area contributed by atoms with E-state index >= 15 is 0 Å². The van der Waals surface area contributed by atoms with Gasteiger partial charge in [-0.3, -0.25) is 4.68 Å². The first-order chi connectivity index (χ1) is 10.1. The van der Waals surface area contributed by atoms with Crippen LogP contribution in [0, 0.1) is 6.92 Å². The van der Waals surface area contributed by atoms with Crippen LogP contribution < -0.4 is 5.32 Å². The second-order valence-corrected chi connectivity index (χ2v) is 6.09. The molecule has 1 heterocycles. The zero-order valence-electron chi connectivity index (χ0n) is 12.4. The van der Waals surface area contributed by atoms with Crippen LogP contribution in [-0.4, -0.2) is 30.5 Å². The molecule has 0 saturated heterocycles. The molecule has 6 heteroatoms. The number of benzene rings is 1. The minimum Gasteiger partial charge on any atom is -0.383 e. The molecule has 21 heavy (non-hydrogen) atoms. The molecule has 1 unspecified atom stereocenters. The van der Waals surface area contributed by atoms with Gasteiger partial charge in [0.25, 0.3) is 0 Å². The van der Waals surface area contributed by atoms with Crippen molar-refractivity contribution in [2.75, 3.05) is 20.8 Å². The molecule has 2 rings (SSSR count). The lowest BCUT2D eigenvalue weighted by atomic mass is 10.0. The van der Waals surface area contributed by atoms with E-state index < -0.39 is 0 Å². The first-order valence-corrected chi connectivity index (χ1v) is 7.89. The Kier molecular flexibility index (Phi) is 5.81. The maximum Gasteiger partial charge on any atom is 0.0837 e. The third-order valence-corrected chi connectivity index (χ3v) is 4.60. The van der Waals surface area contributed by atoms with E-state index in [9.17, 15) is 0 Å². The van der Waals surface area contributed by atoms with E-state index in [2.05, 4.69) is 51.5 Å². The Labute approximate surface area is 138 Å². The number of aryl methyl sites for hydroxylation is 1. The van der Waals surface area contributed by atoms with Gasteiger partial charge in [0.2, 0.25) is 0 Å². The van der Waals surface area contributed by atoms with E-state index in [1.54, 1.807) is 13.3 Å². The predicted molar refractivity (Wildman–Crippen MR) is 88.9 cm³/mol. The lowest BCUT2D eigenvalue weighted by Crippen LogP contribution is -2.23. The molecular weight excluding hydrogens is 354 g/mol. The molecule has 0 aliphatic rings. The van der Waals surface area contributed by atoms with Crippen LogP contribution in [0.5, 0.6) is 0 Å². The van der Waals surface area contributed by atoms with Crippen LogP contribution in [-0.2, 0) is 11.3 Å². The molecule has 1 aromatic carbocycles. The average Bonchev–Trinajstić information content (AvgIpc) is 2.83. The van der Waals surface area contributed by atoms with Gasteiger partial charge < -0.3 is 10.1 Å². The monoisotopic (exact) mass is 371 g/mol. The molecule has 1 N–H and O–H groups in total. The van der Waals surface area contributed by atoms with Crippen LogP contribution >= 0.6 is 27.5 Å². The van der Waals surface area contributed by atoms with Crippen LogP contribution in [0.25, 0.3) is 0 Å². The summed E-state index contributed by atoms with van der Waals surface area (Å²) in [5.41, 5.74) is 3.30. The molecule has 0 spiro atoms. The number of nitrogens with zero attached hydrogens (tertiary/aromatic N) is 2. The van der Waals surface area contributed by atoms with Gasteiger partial charge in [0.05, 0.1) is 36.1 Å². The summed E-state index contributed by atoms with van der Waals surface area (Å²) in [5.74, 6) is 0. The van der Waals surface area contributed by atoms with E-state index in [1.165, 1.54) is 5.56 Å². The summed E-state index contributed by atoms with van der Waals surface area (Å²) in [6.45, 7) is 3.34. The number of ether oxygens (including phenoxy) is 1. The quantitative estimate of drug-likeness (QED) is 0.842. The highest BCUT2D eigenvalue weighted by Gasteiger charge is 2.21. The highest BCUT2D eigenvalue weighted by atomic mass is 79.9. The molecule has 0 bridgehead atoms. The fraction of sp³-hybridized carbons (Fsp3) is 0.400. The topological polar surface area (TPSA) is 39.1 Å². The van der Waals surface area contributed by atoms with Gasteiger partial charge >= 0.3 is 0 Å². The van der Waals surface area contributed by atoms with Crippen LogP contribution in [0.2, 0.25) is 5.02 Å². The number of halogens is 2. The Morgan fingerprint density at radius 2 is 2.24 bits per heavy atom. The average molecular weight is 373 g/mol. The van der Waals surface area contributed by atoms with Gasteiger partial charge in [0, 0.05) is 11.6 Å². The number of nitrogens with one attached hydrogen (secondary N) is 1. The molecule has 1 atom stereocenters. The Bertz CT molecular complexity index is 615. The number of hydrogen-bond donors (Lipinski definition) is 1. The van der Waals surface area contributed by atoms with Gasteiger partial charge in [-0.25, -0.2) is 0 Å². The maximum atomic E-state index is 6.34. The first kappa shape index (κ1) is 16.5. The fourth-order valence-corrected chi connectivity index (χ4v) is 2.82. The van der Waals surface area contributed by atoms with Crippen molar-refractivity contribution in [3.05, 3.63) is 50.7 Å². The summed E-state index contributed by atoms with van der Waals surface area (Å²) in [4.78, 5) is 0. The zero-order chi connectivity index (χ0) is 15.4. The molecule has 1 aromatic heterocycles. The standard InChI is InChI=1S/C15H19BrClN3O/c1-10-8-11(4-5-12(10)16)14(18-2)15-13(17)9-19-20(15)6-7-21-3/h4-5,8-9,14,18H,6-7H2,1-3H3. The van der Waals surface area contributed by atoms with E-state index in [0.29, 0.717) is 18.2 Å². The van der Waals surface area contributed by atoms with E-state index in [1.807, 2.05) is 11.7 Å². The molecule has 2 aromatic rings. The maximum absolute atomic E-state index is 6.34. The van der Waals surface area contributed by atoms with Crippen molar-refractivity contribution < 1.29 is 4.74 Å². The molecule has 114 valence electrons. The zero-order valence-corrected chi connectivity index (χ0v) is 14.7. The third kappa shape index (κ3) is 3.66. The van der Waals surface area contributed by atoms with E-state index in [4.69, 9.17) is 16.3 Å².